The van der Waals surface area contributed by atoms with Crippen molar-refractivity contribution in [1.82, 2.24) is 35.3 Å². The molecule has 2 aromatic carbocycles. The van der Waals surface area contributed by atoms with Gasteiger partial charge in [-0.3, -0.25) is 19.4 Å². The molecule has 14 nitrogen and oxygen atoms in total. The summed E-state index contributed by atoms with van der Waals surface area (Å²) in [7, 11) is 0. The first kappa shape index (κ1) is 35.2. The summed E-state index contributed by atoms with van der Waals surface area (Å²) in [5.74, 6) is -2.84. The molecule has 0 radical (unpaired) electrons. The molecule has 3 heterocycles. The molecule has 0 aliphatic carbocycles. The maximum Gasteiger partial charge on any atom is 0.251 e. The number of rotatable bonds is 15. The summed E-state index contributed by atoms with van der Waals surface area (Å²) >= 11 is 0. The quantitative estimate of drug-likeness (QED) is 0.0484. The minimum Gasteiger partial charge on any atom is -0.436 e. The lowest BCUT2D eigenvalue weighted by Crippen LogP contribution is -2.44. The lowest BCUT2D eigenvalue weighted by atomic mass is 10.0. The van der Waals surface area contributed by atoms with Crippen LogP contribution in [0.1, 0.15) is 35.7 Å². The second kappa shape index (κ2) is 16.3. The molecule has 0 fully saturated rings. The van der Waals surface area contributed by atoms with E-state index in [1.54, 1.807) is 34.9 Å². The minimum absolute atomic E-state index is 0.0229. The predicted octanol–water partition coefficient (Wildman–Crippen LogP) is 3.60. The summed E-state index contributed by atoms with van der Waals surface area (Å²) in [6.45, 7) is 2.77. The molecule has 0 bridgehead atoms. The van der Waals surface area contributed by atoms with Gasteiger partial charge in [0.05, 0.1) is 17.9 Å². The highest BCUT2D eigenvalue weighted by molar-refractivity contribution is 5.96. The first-order valence-corrected chi connectivity index (χ1v) is 15.8. The number of halogens is 2. The van der Waals surface area contributed by atoms with Crippen molar-refractivity contribution < 1.29 is 23.1 Å². The fourth-order valence-electron chi connectivity index (χ4n) is 5.12. The van der Waals surface area contributed by atoms with Gasteiger partial charge in [0.25, 0.3) is 5.91 Å². The van der Waals surface area contributed by atoms with Crippen LogP contribution < -0.4 is 37.5 Å². The zero-order valence-electron chi connectivity index (χ0n) is 27.2. The molecule has 50 heavy (non-hydrogen) atoms. The van der Waals surface area contributed by atoms with Crippen LogP contribution in [0, 0.1) is 17.0 Å². The van der Waals surface area contributed by atoms with E-state index in [1.165, 1.54) is 36.8 Å². The Morgan fingerprint density at radius 3 is 2.56 bits per heavy atom. The van der Waals surface area contributed by atoms with E-state index in [-0.39, 0.29) is 48.1 Å². The number of nitrogens with zero attached hydrogens (tertiary/aromatic N) is 4. The van der Waals surface area contributed by atoms with Crippen LogP contribution >= 0.6 is 0 Å². The number of aromatic nitrogens is 4. The van der Waals surface area contributed by atoms with Crippen molar-refractivity contribution in [3.63, 3.8) is 0 Å². The SMILES string of the molecule is CCc1cc(Nc2nccn3c(-c4ccc(Oc5ccccn5)c(F)c4F)cnc23)ccc1C(=O)NCCNC(=O)[C@@H](N)CCCNC(=N)N. The number of fused-ring (bicyclic) bond motifs is 1. The lowest BCUT2D eigenvalue weighted by Gasteiger charge is -2.14. The van der Waals surface area contributed by atoms with E-state index in [2.05, 4.69) is 36.2 Å². The number of hydrogen-bond donors (Lipinski definition) is 7. The summed E-state index contributed by atoms with van der Waals surface area (Å²) in [5, 5.41) is 18.5. The number of nitrogens with one attached hydrogen (secondary N) is 5. The monoisotopic (exact) mass is 685 g/mol. The van der Waals surface area contributed by atoms with Crippen LogP contribution in [-0.2, 0) is 11.2 Å². The molecular formula is C34H37F2N11O3. The Balaban J connectivity index is 1.22. The lowest BCUT2D eigenvalue weighted by molar-refractivity contribution is -0.122. The van der Waals surface area contributed by atoms with Gasteiger partial charge in [0.1, 0.15) is 0 Å². The van der Waals surface area contributed by atoms with Crippen molar-refractivity contribution in [2.75, 3.05) is 25.0 Å². The summed E-state index contributed by atoms with van der Waals surface area (Å²) in [6.07, 6.45) is 7.55. The van der Waals surface area contributed by atoms with Gasteiger partial charge in [-0.15, -0.1) is 0 Å². The van der Waals surface area contributed by atoms with E-state index in [0.717, 1.165) is 5.56 Å². The molecule has 0 aliphatic rings. The smallest absolute Gasteiger partial charge is 0.251 e. The number of guanidine groups is 1. The Morgan fingerprint density at radius 2 is 1.80 bits per heavy atom. The maximum absolute atomic E-state index is 15.3. The van der Waals surface area contributed by atoms with Gasteiger partial charge in [0.15, 0.2) is 29.0 Å². The molecular weight excluding hydrogens is 648 g/mol. The van der Waals surface area contributed by atoms with Crippen molar-refractivity contribution in [2.45, 2.75) is 32.2 Å². The van der Waals surface area contributed by atoms with Crippen LogP contribution in [0.2, 0.25) is 0 Å². The highest BCUT2D eigenvalue weighted by atomic mass is 19.2. The Kier molecular flexibility index (Phi) is 11.5. The zero-order chi connectivity index (χ0) is 35.6. The van der Waals surface area contributed by atoms with Gasteiger partial charge in [-0.1, -0.05) is 13.0 Å². The first-order chi connectivity index (χ1) is 24.2. The summed E-state index contributed by atoms with van der Waals surface area (Å²) in [5.41, 5.74) is 13.7. The largest absolute Gasteiger partial charge is 0.436 e. The van der Waals surface area contributed by atoms with Gasteiger partial charge in [-0.2, -0.15) is 4.39 Å². The molecule has 0 saturated heterocycles. The Labute approximate surface area is 286 Å². The summed E-state index contributed by atoms with van der Waals surface area (Å²) in [6, 6.07) is 12.1. The Bertz CT molecular complexity index is 1990. The number of imidazole rings is 1. The molecule has 5 rings (SSSR count). The number of nitrogens with two attached hydrogens (primary N) is 2. The molecule has 9 N–H and O–H groups in total. The number of carbonyl (C=O) groups is 2. The number of anilines is 2. The first-order valence-electron chi connectivity index (χ1n) is 15.8. The highest BCUT2D eigenvalue weighted by Crippen LogP contribution is 2.33. The third kappa shape index (κ3) is 8.46. The normalized spacial score (nSPS) is 11.5. The molecule has 1 atom stereocenters. The zero-order valence-corrected chi connectivity index (χ0v) is 27.2. The van der Waals surface area contributed by atoms with E-state index >= 15 is 8.78 Å². The molecule has 5 aromatic rings. The van der Waals surface area contributed by atoms with Crippen molar-refractivity contribution in [1.29, 1.82) is 5.41 Å². The van der Waals surface area contributed by atoms with Gasteiger partial charge >= 0.3 is 0 Å². The number of pyridine rings is 1. The molecule has 0 spiro atoms. The van der Waals surface area contributed by atoms with E-state index in [9.17, 15) is 9.59 Å². The van der Waals surface area contributed by atoms with Crippen molar-refractivity contribution in [2.24, 2.45) is 11.5 Å². The fourth-order valence-corrected chi connectivity index (χ4v) is 5.12. The molecule has 260 valence electrons. The number of hydrogen-bond acceptors (Lipinski definition) is 9. The molecule has 0 saturated carbocycles. The third-order valence-corrected chi connectivity index (χ3v) is 7.65. The molecule has 16 heteroatoms. The van der Waals surface area contributed by atoms with Crippen LogP contribution in [0.15, 0.2) is 73.3 Å². The van der Waals surface area contributed by atoms with Crippen molar-refractivity contribution >= 4 is 34.9 Å². The number of ether oxygens (including phenoxy) is 1. The van der Waals surface area contributed by atoms with E-state index in [0.29, 0.717) is 54.2 Å². The van der Waals surface area contributed by atoms with Crippen LogP contribution in [0.25, 0.3) is 16.9 Å². The van der Waals surface area contributed by atoms with E-state index in [1.807, 2.05) is 13.0 Å². The average molecular weight is 686 g/mol. The van der Waals surface area contributed by atoms with Crippen LogP contribution in [-0.4, -0.2) is 62.8 Å². The number of amides is 2. The average Bonchev–Trinajstić information content (AvgIpc) is 3.55. The highest BCUT2D eigenvalue weighted by Gasteiger charge is 2.21. The number of benzene rings is 2. The minimum atomic E-state index is -1.16. The van der Waals surface area contributed by atoms with Gasteiger partial charge < -0.3 is 37.5 Å². The van der Waals surface area contributed by atoms with Gasteiger partial charge in [0, 0.05) is 61.1 Å². The number of carbonyl (C=O) groups excluding carboxylic acids is 2. The van der Waals surface area contributed by atoms with E-state index < -0.39 is 17.7 Å². The van der Waals surface area contributed by atoms with Gasteiger partial charge in [0.2, 0.25) is 17.6 Å². The standard InChI is InChI=1S/C34H37F2N11O3/c1-2-20-18-21(8-9-22(20)32(48)42-14-15-43-33(49)24(37)6-5-13-44-34(38)39)46-30-31-45-19-25(47(31)17-16-41-30)23-10-11-26(29(36)28(23)35)50-27-7-3-4-12-40-27/h3-4,7-12,16-19,24H,2,5-6,13-15,37H2,1H3,(H,41,46)(H,42,48)(H,43,49)(H4,38,39,44)/t24-/m0/s1. The van der Waals surface area contributed by atoms with Crippen molar-refractivity contribution in [3.8, 4) is 22.9 Å². The Hall–Kier alpha value is -6.16. The summed E-state index contributed by atoms with van der Waals surface area (Å²) < 4.78 is 37.4. The summed E-state index contributed by atoms with van der Waals surface area (Å²) in [4.78, 5) is 38.0. The maximum atomic E-state index is 15.3. The van der Waals surface area contributed by atoms with Gasteiger partial charge in [-0.25, -0.2) is 19.3 Å². The van der Waals surface area contributed by atoms with E-state index in [4.69, 9.17) is 21.6 Å². The van der Waals surface area contributed by atoms with Crippen LogP contribution in [0.3, 0.4) is 0 Å². The van der Waals surface area contributed by atoms with Crippen LogP contribution in [0.4, 0.5) is 20.3 Å². The second-order valence-electron chi connectivity index (χ2n) is 11.1. The fraction of sp³-hybridized carbons (Fsp3) is 0.235. The molecule has 3 aromatic heterocycles. The predicted molar refractivity (Wildman–Crippen MR) is 184 cm³/mol. The van der Waals surface area contributed by atoms with Crippen LogP contribution in [0.5, 0.6) is 11.6 Å². The third-order valence-electron chi connectivity index (χ3n) is 7.65. The van der Waals surface area contributed by atoms with Crippen molar-refractivity contribution in [3.05, 3.63) is 96.1 Å². The molecule has 0 unspecified atom stereocenters. The molecule has 0 aliphatic heterocycles. The van der Waals surface area contributed by atoms with Gasteiger partial charge in [-0.05, 0) is 61.2 Å². The number of aryl methyl sites for hydroxylation is 1. The Morgan fingerprint density at radius 1 is 0.980 bits per heavy atom. The molecule has 2 amide bonds. The second-order valence-corrected chi connectivity index (χ2v) is 11.1. The topological polar surface area (TPSA) is 210 Å².